The number of methoxy groups -OCH3 is 1. The van der Waals surface area contributed by atoms with Gasteiger partial charge in [0, 0.05) is 29.6 Å². The normalized spacial score (nSPS) is 12.6. The first kappa shape index (κ1) is 21.7. The zero-order valence-electron chi connectivity index (χ0n) is 16.9. The Labute approximate surface area is 187 Å². The van der Waals surface area contributed by atoms with Gasteiger partial charge in [-0.3, -0.25) is 9.69 Å². The molecule has 2 N–H and O–H groups in total. The highest BCUT2D eigenvalue weighted by Gasteiger charge is 2.18. The minimum absolute atomic E-state index is 0.202. The first-order valence-electron chi connectivity index (χ1n) is 9.71. The fourth-order valence-corrected chi connectivity index (χ4v) is 4.66. The number of benzene rings is 1. The number of fused-ring (bicyclic) bond motifs is 1. The Morgan fingerprint density at radius 2 is 2.19 bits per heavy atom. The van der Waals surface area contributed by atoms with E-state index in [0.29, 0.717) is 40.7 Å². The molecule has 0 spiro atoms. The molecule has 1 aromatic carbocycles. The summed E-state index contributed by atoms with van der Waals surface area (Å²) >= 11 is 7.53. The summed E-state index contributed by atoms with van der Waals surface area (Å²) in [5.41, 5.74) is 1.48. The van der Waals surface area contributed by atoms with Crippen LogP contribution < -0.4 is 5.56 Å². The summed E-state index contributed by atoms with van der Waals surface area (Å²) in [5.74, 6) is 1.28. The van der Waals surface area contributed by atoms with Crippen LogP contribution in [0.15, 0.2) is 57.3 Å². The number of thiophene rings is 1. The first-order valence-corrected chi connectivity index (χ1v) is 11.0. The molecular formula is C22H22ClN3O4S. The van der Waals surface area contributed by atoms with E-state index in [9.17, 15) is 9.90 Å². The number of rotatable bonds is 9. The molecule has 7 nitrogen and oxygen atoms in total. The summed E-state index contributed by atoms with van der Waals surface area (Å²) < 4.78 is 10.5. The van der Waals surface area contributed by atoms with E-state index in [1.807, 2.05) is 40.6 Å². The summed E-state index contributed by atoms with van der Waals surface area (Å²) in [4.78, 5) is 23.1. The molecule has 1 atom stereocenters. The molecule has 1 unspecified atom stereocenters. The Kier molecular flexibility index (Phi) is 6.84. The molecule has 0 aliphatic carbocycles. The lowest BCUT2D eigenvalue weighted by Gasteiger charge is -2.23. The third-order valence-corrected chi connectivity index (χ3v) is 5.90. The Hall–Kier alpha value is -2.49. The zero-order chi connectivity index (χ0) is 21.8. The Morgan fingerprint density at radius 3 is 2.94 bits per heavy atom. The van der Waals surface area contributed by atoms with Crippen LogP contribution in [-0.4, -0.2) is 46.3 Å². The van der Waals surface area contributed by atoms with Crippen molar-refractivity contribution in [3.63, 3.8) is 0 Å². The highest BCUT2D eigenvalue weighted by atomic mass is 35.5. The molecule has 4 aromatic rings. The number of halogens is 1. The minimum Gasteiger partial charge on any atom is -0.468 e. The van der Waals surface area contributed by atoms with Gasteiger partial charge in [-0.2, -0.15) is 0 Å². The average Bonchev–Trinajstić information content (AvgIpc) is 3.38. The number of H-pyrrole nitrogens is 1. The van der Waals surface area contributed by atoms with Gasteiger partial charge in [0.2, 0.25) is 0 Å². The number of ether oxygens (including phenoxy) is 1. The molecule has 0 fully saturated rings. The van der Waals surface area contributed by atoms with E-state index in [4.69, 9.17) is 20.8 Å². The maximum Gasteiger partial charge on any atom is 0.260 e. The van der Waals surface area contributed by atoms with Crippen LogP contribution in [-0.2, 0) is 17.8 Å². The van der Waals surface area contributed by atoms with Crippen molar-refractivity contribution in [1.82, 2.24) is 14.9 Å². The van der Waals surface area contributed by atoms with Crippen molar-refractivity contribution >= 4 is 33.2 Å². The van der Waals surface area contributed by atoms with E-state index in [0.717, 1.165) is 16.9 Å². The van der Waals surface area contributed by atoms with Crippen LogP contribution in [0.25, 0.3) is 21.3 Å². The molecule has 0 saturated carbocycles. The predicted molar refractivity (Wildman–Crippen MR) is 121 cm³/mol. The molecule has 31 heavy (non-hydrogen) atoms. The molecular weight excluding hydrogens is 438 g/mol. The summed E-state index contributed by atoms with van der Waals surface area (Å²) in [7, 11) is 1.54. The zero-order valence-corrected chi connectivity index (χ0v) is 18.4. The number of aromatic amines is 1. The van der Waals surface area contributed by atoms with Crippen molar-refractivity contribution in [1.29, 1.82) is 0 Å². The summed E-state index contributed by atoms with van der Waals surface area (Å²) in [5, 5.41) is 13.3. The van der Waals surface area contributed by atoms with E-state index < -0.39 is 6.10 Å². The van der Waals surface area contributed by atoms with Gasteiger partial charge in [-0.1, -0.05) is 23.7 Å². The minimum atomic E-state index is -0.674. The van der Waals surface area contributed by atoms with Crippen molar-refractivity contribution in [3.8, 4) is 11.1 Å². The molecule has 0 amide bonds. The van der Waals surface area contributed by atoms with Gasteiger partial charge in [-0.25, -0.2) is 4.98 Å². The van der Waals surface area contributed by atoms with E-state index in [-0.39, 0.29) is 12.2 Å². The predicted octanol–water partition coefficient (Wildman–Crippen LogP) is 3.91. The maximum atomic E-state index is 12.9. The van der Waals surface area contributed by atoms with Crippen LogP contribution in [0.4, 0.5) is 0 Å². The van der Waals surface area contributed by atoms with Gasteiger partial charge in [0.1, 0.15) is 16.4 Å². The number of aromatic nitrogens is 2. The number of hydrogen-bond acceptors (Lipinski definition) is 7. The maximum absolute atomic E-state index is 12.9. The van der Waals surface area contributed by atoms with Gasteiger partial charge in [0.05, 0.1) is 37.4 Å². The van der Waals surface area contributed by atoms with Crippen LogP contribution in [0.1, 0.15) is 11.6 Å². The quantitative estimate of drug-likeness (QED) is 0.394. The van der Waals surface area contributed by atoms with Crippen molar-refractivity contribution in [2.45, 2.75) is 19.2 Å². The van der Waals surface area contributed by atoms with E-state index in [2.05, 4.69) is 9.97 Å². The van der Waals surface area contributed by atoms with Crippen LogP contribution in [0, 0.1) is 0 Å². The third kappa shape index (κ3) is 5.23. The second-order valence-electron chi connectivity index (χ2n) is 7.21. The summed E-state index contributed by atoms with van der Waals surface area (Å²) in [6.45, 7) is 1.37. The standard InChI is InChI=1S/C22H22ClN3O4S/c1-29-12-16(27)9-26(10-17-6-3-7-30-17)11-19-24-21(28)20-18(13-31-22(20)25-19)14-4-2-5-15(23)8-14/h2-8,13,16,27H,9-12H2,1H3,(H,24,25,28). The van der Waals surface area contributed by atoms with Crippen LogP contribution in [0.3, 0.4) is 0 Å². The van der Waals surface area contributed by atoms with E-state index in [1.165, 1.54) is 11.3 Å². The summed E-state index contributed by atoms with van der Waals surface area (Å²) in [6, 6.07) is 11.1. The molecule has 0 saturated heterocycles. The monoisotopic (exact) mass is 459 g/mol. The fraction of sp³-hybridized carbons (Fsp3) is 0.273. The number of nitrogens with zero attached hydrogens (tertiary/aromatic N) is 2. The molecule has 4 rings (SSSR count). The smallest absolute Gasteiger partial charge is 0.260 e. The number of aliphatic hydroxyl groups excluding tert-OH is 1. The molecule has 162 valence electrons. The molecule has 3 heterocycles. The van der Waals surface area contributed by atoms with Crippen LogP contribution >= 0.6 is 22.9 Å². The molecule has 0 aliphatic rings. The lowest BCUT2D eigenvalue weighted by molar-refractivity contribution is 0.0317. The fourth-order valence-electron chi connectivity index (χ4n) is 3.50. The molecule has 3 aromatic heterocycles. The lowest BCUT2D eigenvalue weighted by atomic mass is 10.1. The highest BCUT2D eigenvalue weighted by molar-refractivity contribution is 7.17. The first-order chi connectivity index (χ1) is 15.0. The van der Waals surface area contributed by atoms with Gasteiger partial charge in [-0.05, 0) is 29.8 Å². The number of aliphatic hydroxyl groups is 1. The third-order valence-electron chi connectivity index (χ3n) is 4.79. The topological polar surface area (TPSA) is 91.6 Å². The largest absolute Gasteiger partial charge is 0.468 e. The molecule has 9 heteroatoms. The van der Waals surface area contributed by atoms with Crippen LogP contribution in [0.5, 0.6) is 0 Å². The van der Waals surface area contributed by atoms with Crippen molar-refractivity contribution in [2.24, 2.45) is 0 Å². The molecule has 0 bridgehead atoms. The van der Waals surface area contributed by atoms with E-state index >= 15 is 0 Å². The van der Waals surface area contributed by atoms with Gasteiger partial charge < -0.3 is 19.2 Å². The lowest BCUT2D eigenvalue weighted by Crippen LogP contribution is -2.35. The van der Waals surface area contributed by atoms with Crippen molar-refractivity contribution < 1.29 is 14.3 Å². The molecule has 0 radical (unpaired) electrons. The average molecular weight is 460 g/mol. The van der Waals surface area contributed by atoms with Crippen molar-refractivity contribution in [2.75, 3.05) is 20.3 Å². The number of furan rings is 1. The Balaban J connectivity index is 1.62. The number of hydrogen-bond donors (Lipinski definition) is 2. The van der Waals surface area contributed by atoms with Crippen molar-refractivity contribution in [3.05, 3.63) is 75.0 Å². The second kappa shape index (κ2) is 9.76. The van der Waals surface area contributed by atoms with Crippen LogP contribution in [0.2, 0.25) is 5.02 Å². The number of nitrogens with one attached hydrogen (secondary N) is 1. The SMILES string of the molecule is COCC(O)CN(Cc1nc2scc(-c3cccc(Cl)c3)c2c(=O)[nH]1)Cc1ccco1. The summed E-state index contributed by atoms with van der Waals surface area (Å²) in [6.07, 6.45) is 0.931. The van der Waals surface area contributed by atoms with E-state index in [1.54, 1.807) is 19.4 Å². The van der Waals surface area contributed by atoms with Gasteiger partial charge in [0.25, 0.3) is 5.56 Å². The van der Waals surface area contributed by atoms with Gasteiger partial charge >= 0.3 is 0 Å². The molecule has 0 aliphatic heterocycles. The second-order valence-corrected chi connectivity index (χ2v) is 8.51. The Bertz CT molecular complexity index is 1210. The van der Waals surface area contributed by atoms with Gasteiger partial charge in [0.15, 0.2) is 0 Å². The Morgan fingerprint density at radius 1 is 1.32 bits per heavy atom. The highest BCUT2D eigenvalue weighted by Crippen LogP contribution is 2.32. The van der Waals surface area contributed by atoms with Gasteiger partial charge in [-0.15, -0.1) is 11.3 Å².